The summed E-state index contributed by atoms with van der Waals surface area (Å²) in [7, 11) is 2.11. The third-order valence-electron chi connectivity index (χ3n) is 4.70. The molecular weight excluding hydrogens is 322 g/mol. The van der Waals surface area contributed by atoms with Crippen LogP contribution in [0.15, 0.2) is 66.7 Å². The Morgan fingerprint density at radius 1 is 0.923 bits per heavy atom. The second kappa shape index (κ2) is 8.84. The maximum Gasteiger partial charge on any atom is 0.137 e. The van der Waals surface area contributed by atoms with Gasteiger partial charge in [-0.2, -0.15) is 0 Å². The number of benzene rings is 3. The molecule has 0 aliphatic heterocycles. The van der Waals surface area contributed by atoms with Gasteiger partial charge in [0.15, 0.2) is 0 Å². The monoisotopic (exact) mass is 350 g/mol. The van der Waals surface area contributed by atoms with E-state index in [9.17, 15) is 5.11 Å². The molecule has 26 heavy (non-hydrogen) atoms. The fourth-order valence-electron chi connectivity index (χ4n) is 3.28. The largest absolute Gasteiger partial charge is 0.490 e. The molecule has 0 spiro atoms. The molecule has 2 atom stereocenters. The molecular formula is C23H28NO2+. The highest BCUT2D eigenvalue weighted by atomic mass is 16.5. The van der Waals surface area contributed by atoms with E-state index < -0.39 is 6.10 Å². The first-order valence-electron chi connectivity index (χ1n) is 9.33. The summed E-state index contributed by atoms with van der Waals surface area (Å²) in [5, 5.41) is 12.6. The van der Waals surface area contributed by atoms with E-state index in [0.29, 0.717) is 13.2 Å². The van der Waals surface area contributed by atoms with E-state index in [-0.39, 0.29) is 0 Å². The molecule has 0 radical (unpaired) electrons. The van der Waals surface area contributed by atoms with E-state index in [0.717, 1.165) is 29.5 Å². The van der Waals surface area contributed by atoms with Gasteiger partial charge < -0.3 is 14.7 Å². The summed E-state index contributed by atoms with van der Waals surface area (Å²) >= 11 is 0. The summed E-state index contributed by atoms with van der Waals surface area (Å²) in [5.74, 6) is 0.829. The van der Waals surface area contributed by atoms with Crippen molar-refractivity contribution in [2.24, 2.45) is 0 Å². The average molecular weight is 350 g/mol. The molecule has 0 heterocycles. The van der Waals surface area contributed by atoms with E-state index in [1.165, 1.54) is 16.0 Å². The van der Waals surface area contributed by atoms with Crippen LogP contribution in [0.5, 0.6) is 5.75 Å². The lowest BCUT2D eigenvalue weighted by molar-refractivity contribution is -0.897. The molecule has 0 bridgehead atoms. The van der Waals surface area contributed by atoms with Gasteiger partial charge in [0.25, 0.3) is 0 Å². The van der Waals surface area contributed by atoms with Crippen LogP contribution in [-0.2, 0) is 13.0 Å². The van der Waals surface area contributed by atoms with Crippen LogP contribution in [-0.4, -0.2) is 31.4 Å². The zero-order valence-corrected chi connectivity index (χ0v) is 15.6. The van der Waals surface area contributed by atoms with E-state index in [1.807, 2.05) is 30.3 Å². The zero-order chi connectivity index (χ0) is 18.4. The molecule has 0 saturated heterocycles. The third kappa shape index (κ3) is 4.84. The maximum atomic E-state index is 10.4. The van der Waals surface area contributed by atoms with Crippen molar-refractivity contribution in [2.75, 3.05) is 20.2 Å². The number of hydrogen-bond acceptors (Lipinski definition) is 2. The van der Waals surface area contributed by atoms with Gasteiger partial charge in [-0.15, -0.1) is 0 Å². The molecule has 0 aromatic heterocycles. The Labute approximate surface area is 155 Å². The van der Waals surface area contributed by atoms with E-state index in [4.69, 9.17) is 4.74 Å². The quantitative estimate of drug-likeness (QED) is 0.655. The number of aliphatic hydroxyl groups excluding tert-OH is 1. The number of nitrogens with one attached hydrogen (secondary N) is 1. The van der Waals surface area contributed by atoms with Crippen molar-refractivity contribution in [2.45, 2.75) is 26.0 Å². The lowest BCUT2D eigenvalue weighted by Gasteiger charge is -2.19. The second-order valence-corrected chi connectivity index (χ2v) is 6.95. The zero-order valence-electron chi connectivity index (χ0n) is 15.6. The Balaban J connectivity index is 1.52. The van der Waals surface area contributed by atoms with Gasteiger partial charge in [0.05, 0.1) is 7.05 Å². The highest BCUT2D eigenvalue weighted by molar-refractivity contribution is 5.88. The maximum absolute atomic E-state index is 10.4. The minimum Gasteiger partial charge on any atom is -0.490 e. The molecule has 3 heteroatoms. The van der Waals surface area contributed by atoms with Gasteiger partial charge in [-0.05, 0) is 23.4 Å². The summed E-state index contributed by atoms with van der Waals surface area (Å²) in [6.45, 7) is 4.02. The molecule has 0 aliphatic carbocycles. The van der Waals surface area contributed by atoms with E-state index in [1.54, 1.807) is 0 Å². The van der Waals surface area contributed by atoms with Crippen molar-refractivity contribution >= 4 is 10.8 Å². The number of ether oxygens (including phenoxy) is 1. The molecule has 3 aromatic rings. The first-order valence-corrected chi connectivity index (χ1v) is 9.33. The normalized spacial score (nSPS) is 13.5. The van der Waals surface area contributed by atoms with Gasteiger partial charge in [-0.1, -0.05) is 67.6 Å². The molecule has 0 aliphatic rings. The Bertz CT molecular complexity index is 824. The Morgan fingerprint density at radius 2 is 1.62 bits per heavy atom. The number of hydrogen-bond donors (Lipinski definition) is 2. The molecule has 0 amide bonds. The lowest BCUT2D eigenvalue weighted by atomic mass is 10.1. The van der Waals surface area contributed by atoms with E-state index >= 15 is 0 Å². The minimum atomic E-state index is -0.496. The fourth-order valence-corrected chi connectivity index (χ4v) is 3.28. The summed E-state index contributed by atoms with van der Waals surface area (Å²) in [6.07, 6.45) is 0.566. The van der Waals surface area contributed by atoms with Gasteiger partial charge in [-0.25, -0.2) is 0 Å². The lowest BCUT2D eigenvalue weighted by Crippen LogP contribution is -3.09. The molecule has 3 nitrogen and oxygen atoms in total. The predicted molar refractivity (Wildman–Crippen MR) is 107 cm³/mol. The van der Waals surface area contributed by atoms with Gasteiger partial charge >= 0.3 is 0 Å². The van der Waals surface area contributed by atoms with Crippen molar-refractivity contribution in [1.82, 2.24) is 0 Å². The van der Waals surface area contributed by atoms with Crippen molar-refractivity contribution in [3.8, 4) is 5.75 Å². The average Bonchev–Trinajstić information content (AvgIpc) is 2.67. The highest BCUT2D eigenvalue weighted by Gasteiger charge is 2.13. The van der Waals surface area contributed by atoms with Crippen LogP contribution in [0.25, 0.3) is 10.8 Å². The highest BCUT2D eigenvalue weighted by Crippen LogP contribution is 2.25. The number of fused-ring (bicyclic) bond motifs is 1. The van der Waals surface area contributed by atoms with Crippen molar-refractivity contribution in [3.05, 3.63) is 77.9 Å². The Morgan fingerprint density at radius 3 is 2.38 bits per heavy atom. The van der Waals surface area contributed by atoms with Crippen LogP contribution >= 0.6 is 0 Å². The van der Waals surface area contributed by atoms with E-state index in [2.05, 4.69) is 50.4 Å². The number of aliphatic hydroxyl groups is 1. The number of rotatable bonds is 8. The van der Waals surface area contributed by atoms with Crippen molar-refractivity contribution < 1.29 is 14.7 Å². The van der Waals surface area contributed by atoms with Crippen LogP contribution in [0.3, 0.4) is 0 Å². The summed E-state index contributed by atoms with van der Waals surface area (Å²) in [5.41, 5.74) is 2.65. The van der Waals surface area contributed by atoms with Crippen LogP contribution in [0.2, 0.25) is 0 Å². The number of quaternary nitrogens is 1. The van der Waals surface area contributed by atoms with Crippen LogP contribution in [0, 0.1) is 0 Å². The standard InChI is InChI=1S/C23H27NO2/c1-3-18-11-13-19(14-12-18)15-24(2)16-21(25)17-26-23-10-6-8-20-7-4-5-9-22(20)23/h4-14,21,25H,3,15-17H2,1-2H3/p+1/t21-/m1/s1. The first-order chi connectivity index (χ1) is 12.7. The number of aryl methyl sites for hydroxylation is 1. The van der Waals surface area contributed by atoms with Gasteiger partial charge in [-0.3, -0.25) is 0 Å². The minimum absolute atomic E-state index is 0.306. The predicted octanol–water partition coefficient (Wildman–Crippen LogP) is 2.86. The Hall–Kier alpha value is -2.36. The molecule has 0 saturated carbocycles. The van der Waals surface area contributed by atoms with Gasteiger partial charge in [0.2, 0.25) is 0 Å². The topological polar surface area (TPSA) is 33.9 Å². The molecule has 1 unspecified atom stereocenters. The van der Waals surface area contributed by atoms with Crippen LogP contribution in [0.1, 0.15) is 18.1 Å². The number of likely N-dealkylation sites (N-methyl/N-ethyl adjacent to an activating group) is 1. The summed E-state index contributed by atoms with van der Waals surface area (Å²) in [4.78, 5) is 1.27. The first kappa shape index (κ1) is 18.4. The summed E-state index contributed by atoms with van der Waals surface area (Å²) < 4.78 is 5.90. The van der Waals surface area contributed by atoms with Crippen LogP contribution < -0.4 is 9.64 Å². The van der Waals surface area contributed by atoms with Crippen LogP contribution in [0.4, 0.5) is 0 Å². The van der Waals surface area contributed by atoms with Crippen molar-refractivity contribution in [3.63, 3.8) is 0 Å². The molecule has 3 rings (SSSR count). The fraction of sp³-hybridized carbons (Fsp3) is 0.304. The second-order valence-electron chi connectivity index (χ2n) is 6.95. The molecule has 3 aromatic carbocycles. The van der Waals surface area contributed by atoms with Crippen molar-refractivity contribution in [1.29, 1.82) is 0 Å². The summed E-state index contributed by atoms with van der Waals surface area (Å²) in [6, 6.07) is 22.9. The molecule has 136 valence electrons. The smallest absolute Gasteiger partial charge is 0.137 e. The molecule has 0 fully saturated rings. The van der Waals surface area contributed by atoms with Gasteiger partial charge in [0.1, 0.15) is 31.5 Å². The Kier molecular flexibility index (Phi) is 6.26. The molecule has 2 N–H and O–H groups in total. The third-order valence-corrected chi connectivity index (χ3v) is 4.70. The SMILES string of the molecule is CCc1ccc(C[NH+](C)C[C@@H](O)COc2cccc3ccccc23)cc1. The van der Waals surface area contributed by atoms with Gasteiger partial charge in [0, 0.05) is 10.9 Å².